The largest absolute Gasteiger partial charge is 0.198 e. The first kappa shape index (κ1) is 9.06. The minimum absolute atomic E-state index is 0.499. The average Bonchev–Trinajstić information content (AvgIpc) is 2.06. The van der Waals surface area contributed by atoms with E-state index in [2.05, 4.69) is 31.7 Å². The van der Waals surface area contributed by atoms with E-state index in [-0.39, 0.29) is 0 Å². The van der Waals surface area contributed by atoms with Crippen molar-refractivity contribution < 1.29 is 0 Å². The van der Waals surface area contributed by atoms with Gasteiger partial charge in [-0.25, -0.2) is 0 Å². The molecule has 1 heteroatoms. The van der Waals surface area contributed by atoms with Gasteiger partial charge in [-0.1, -0.05) is 31.2 Å². The Morgan fingerprint density at radius 2 is 2.58 bits per heavy atom. The first-order valence-electron chi connectivity index (χ1n) is 4.47. The minimum Gasteiger partial charge on any atom is -0.198 e. The first-order chi connectivity index (χ1) is 5.74. The molecule has 0 heterocycles. The van der Waals surface area contributed by atoms with E-state index in [0.717, 1.165) is 12.8 Å². The highest BCUT2D eigenvalue weighted by Gasteiger charge is 2.16. The van der Waals surface area contributed by atoms with Crippen molar-refractivity contribution in [1.82, 2.24) is 0 Å². The van der Waals surface area contributed by atoms with Crippen molar-refractivity contribution in [3.63, 3.8) is 0 Å². The lowest BCUT2D eigenvalue weighted by Crippen LogP contribution is -2.11. The van der Waals surface area contributed by atoms with Crippen molar-refractivity contribution in [1.29, 1.82) is 5.26 Å². The zero-order valence-corrected chi connectivity index (χ0v) is 7.59. The lowest BCUT2D eigenvalue weighted by Gasteiger charge is -2.22. The summed E-state index contributed by atoms with van der Waals surface area (Å²) < 4.78 is 0. The van der Waals surface area contributed by atoms with Crippen LogP contribution in [0.4, 0.5) is 0 Å². The maximum atomic E-state index is 8.53. The Balaban J connectivity index is 2.49. The summed E-state index contributed by atoms with van der Waals surface area (Å²) in [6.45, 7) is 6.05. The molecule has 0 aromatic carbocycles. The molecule has 0 fully saturated rings. The van der Waals surface area contributed by atoms with Gasteiger partial charge in [0.25, 0.3) is 0 Å². The molecule has 0 unspecified atom stereocenters. The van der Waals surface area contributed by atoms with Gasteiger partial charge >= 0.3 is 0 Å². The van der Waals surface area contributed by atoms with E-state index in [1.807, 2.05) is 0 Å². The normalized spacial score (nSPS) is 25.0. The summed E-state index contributed by atoms with van der Waals surface area (Å²) in [6, 6.07) is 2.22. The lowest BCUT2D eigenvalue weighted by molar-refractivity contribution is 0.405. The molecule has 0 aromatic rings. The third-order valence-electron chi connectivity index (χ3n) is 2.52. The van der Waals surface area contributed by atoms with Crippen LogP contribution in [0.15, 0.2) is 24.3 Å². The second-order valence-corrected chi connectivity index (χ2v) is 3.56. The van der Waals surface area contributed by atoms with Crippen LogP contribution in [0.3, 0.4) is 0 Å². The molecule has 0 saturated carbocycles. The SMILES string of the molecule is C=C1C=C[C@H]([C@H](C)CC#N)CC1. The molecular weight excluding hydrogens is 146 g/mol. The molecule has 0 amide bonds. The summed E-state index contributed by atoms with van der Waals surface area (Å²) in [5.74, 6) is 1.09. The number of hydrogen-bond acceptors (Lipinski definition) is 1. The summed E-state index contributed by atoms with van der Waals surface area (Å²) in [4.78, 5) is 0. The van der Waals surface area contributed by atoms with E-state index in [1.165, 1.54) is 5.57 Å². The van der Waals surface area contributed by atoms with Gasteiger partial charge in [-0.15, -0.1) is 0 Å². The highest BCUT2D eigenvalue weighted by Crippen LogP contribution is 2.27. The maximum absolute atomic E-state index is 8.53. The molecule has 64 valence electrons. The molecule has 0 aromatic heterocycles. The summed E-state index contributed by atoms with van der Waals surface area (Å²) in [6.07, 6.45) is 7.23. The molecule has 2 atom stereocenters. The Morgan fingerprint density at radius 1 is 1.83 bits per heavy atom. The number of rotatable bonds is 2. The van der Waals surface area contributed by atoms with Crippen LogP contribution in [0.2, 0.25) is 0 Å². The fourth-order valence-corrected chi connectivity index (χ4v) is 1.56. The number of nitriles is 1. The summed E-state index contributed by atoms with van der Waals surface area (Å²) in [5.41, 5.74) is 1.22. The molecular formula is C11H15N. The van der Waals surface area contributed by atoms with Crippen LogP contribution in [0.5, 0.6) is 0 Å². The zero-order valence-electron chi connectivity index (χ0n) is 7.59. The number of hydrogen-bond donors (Lipinski definition) is 0. The number of nitrogens with zero attached hydrogens (tertiary/aromatic N) is 1. The maximum Gasteiger partial charge on any atom is 0.0624 e. The van der Waals surface area contributed by atoms with E-state index >= 15 is 0 Å². The summed E-state index contributed by atoms with van der Waals surface area (Å²) >= 11 is 0. The monoisotopic (exact) mass is 161 g/mol. The zero-order chi connectivity index (χ0) is 8.97. The molecule has 0 saturated heterocycles. The van der Waals surface area contributed by atoms with Crippen LogP contribution in [0.25, 0.3) is 0 Å². The fraction of sp³-hybridized carbons (Fsp3) is 0.545. The molecule has 0 radical (unpaired) electrons. The van der Waals surface area contributed by atoms with Crippen molar-refractivity contribution in [2.75, 3.05) is 0 Å². The first-order valence-corrected chi connectivity index (χ1v) is 4.47. The topological polar surface area (TPSA) is 23.8 Å². The van der Waals surface area contributed by atoms with Gasteiger partial charge in [-0.3, -0.25) is 0 Å². The number of allylic oxidation sites excluding steroid dienone is 3. The van der Waals surface area contributed by atoms with E-state index in [1.54, 1.807) is 0 Å². The van der Waals surface area contributed by atoms with Gasteiger partial charge in [0.1, 0.15) is 0 Å². The van der Waals surface area contributed by atoms with Gasteiger partial charge < -0.3 is 0 Å². The van der Waals surface area contributed by atoms with Gasteiger partial charge in [0.2, 0.25) is 0 Å². The molecule has 0 N–H and O–H groups in total. The van der Waals surface area contributed by atoms with Gasteiger partial charge in [0, 0.05) is 6.42 Å². The Hall–Kier alpha value is -1.03. The van der Waals surface area contributed by atoms with Crippen LogP contribution in [0.1, 0.15) is 26.2 Å². The van der Waals surface area contributed by atoms with Crippen LogP contribution in [-0.2, 0) is 0 Å². The van der Waals surface area contributed by atoms with E-state index < -0.39 is 0 Å². The highest BCUT2D eigenvalue weighted by atomic mass is 14.3. The van der Waals surface area contributed by atoms with Gasteiger partial charge in [-0.05, 0) is 24.7 Å². The average molecular weight is 161 g/mol. The third-order valence-corrected chi connectivity index (χ3v) is 2.52. The van der Waals surface area contributed by atoms with Crippen LogP contribution < -0.4 is 0 Å². The molecule has 1 aliphatic rings. The molecule has 0 bridgehead atoms. The van der Waals surface area contributed by atoms with Gasteiger partial charge in [0.05, 0.1) is 6.07 Å². The van der Waals surface area contributed by atoms with Crippen LogP contribution >= 0.6 is 0 Å². The minimum atomic E-state index is 0.499. The second kappa shape index (κ2) is 4.11. The van der Waals surface area contributed by atoms with Crippen molar-refractivity contribution in [2.45, 2.75) is 26.2 Å². The molecule has 0 spiro atoms. The molecule has 0 aliphatic heterocycles. The fourth-order valence-electron chi connectivity index (χ4n) is 1.56. The van der Waals surface area contributed by atoms with E-state index in [9.17, 15) is 0 Å². The highest BCUT2D eigenvalue weighted by molar-refractivity contribution is 5.19. The van der Waals surface area contributed by atoms with Crippen molar-refractivity contribution >= 4 is 0 Å². The van der Waals surface area contributed by atoms with Crippen LogP contribution in [-0.4, -0.2) is 0 Å². The Bertz CT molecular complexity index is 232. The standard InChI is InChI=1S/C11H15N/c1-9-3-5-11(6-4-9)10(2)7-8-12/h3,5,10-11H,1,4,6-7H2,2H3/t10-,11+/m1/s1. The van der Waals surface area contributed by atoms with Gasteiger partial charge in [0.15, 0.2) is 0 Å². The van der Waals surface area contributed by atoms with Gasteiger partial charge in [-0.2, -0.15) is 5.26 Å². The Kier molecular flexibility index (Phi) is 3.10. The smallest absolute Gasteiger partial charge is 0.0624 e. The predicted molar refractivity (Wildman–Crippen MR) is 50.4 cm³/mol. The quantitative estimate of drug-likeness (QED) is 0.610. The molecule has 1 aliphatic carbocycles. The third kappa shape index (κ3) is 2.23. The summed E-state index contributed by atoms with van der Waals surface area (Å²) in [5, 5.41) is 8.53. The Morgan fingerprint density at radius 3 is 3.08 bits per heavy atom. The summed E-state index contributed by atoms with van der Waals surface area (Å²) in [7, 11) is 0. The Labute approximate surface area is 74.4 Å². The van der Waals surface area contributed by atoms with E-state index in [0.29, 0.717) is 18.3 Å². The second-order valence-electron chi connectivity index (χ2n) is 3.56. The van der Waals surface area contributed by atoms with Crippen molar-refractivity contribution in [3.05, 3.63) is 24.3 Å². The van der Waals surface area contributed by atoms with Crippen molar-refractivity contribution in [3.8, 4) is 6.07 Å². The van der Waals surface area contributed by atoms with Crippen molar-refractivity contribution in [2.24, 2.45) is 11.8 Å². The van der Waals surface area contributed by atoms with Crippen LogP contribution in [0, 0.1) is 23.2 Å². The molecule has 12 heavy (non-hydrogen) atoms. The van der Waals surface area contributed by atoms with E-state index in [4.69, 9.17) is 5.26 Å². The predicted octanol–water partition coefficient (Wildman–Crippen LogP) is 3.06. The molecule has 1 nitrogen and oxygen atoms in total. The lowest BCUT2D eigenvalue weighted by atomic mass is 9.83. The molecule has 1 rings (SSSR count).